The molecule has 0 saturated carbocycles. The Labute approximate surface area is 242 Å². The number of anilines is 3. The largest absolute Gasteiger partial charge is 0.477 e. The summed E-state index contributed by atoms with van der Waals surface area (Å²) < 4.78 is 3.65. The second kappa shape index (κ2) is 11.5. The van der Waals surface area contributed by atoms with Crippen LogP contribution in [-0.2, 0) is 4.79 Å². The molecule has 0 saturated heterocycles. The van der Waals surface area contributed by atoms with Gasteiger partial charge < -0.3 is 10.0 Å². The monoisotopic (exact) mass is 548 g/mol. The van der Waals surface area contributed by atoms with Crippen LogP contribution in [0.3, 0.4) is 0 Å². The summed E-state index contributed by atoms with van der Waals surface area (Å²) in [6.07, 6.45) is 8.70. The average Bonchev–Trinajstić information content (AvgIpc) is 3.77. The maximum Gasteiger partial charge on any atom is 0.346 e. The predicted molar refractivity (Wildman–Crippen MR) is 162 cm³/mol. The molecule has 2 aromatic heterocycles. The highest BCUT2D eigenvalue weighted by Crippen LogP contribution is 2.36. The first-order valence-electron chi connectivity index (χ1n) is 13.1. The molecule has 0 aliphatic carbocycles. The van der Waals surface area contributed by atoms with E-state index in [-0.39, 0.29) is 5.57 Å². The summed E-state index contributed by atoms with van der Waals surface area (Å²) >= 11 is 0. The standard InChI is InChI=1S/C34H24N6O2/c35-24-28(34(41)42)23-25-3-5-26(6-4-25)27-7-9-31(10-8-27)40(32-15-11-29(12-16-32)38-21-1-19-36-38)33-17-13-30(14-18-33)39-22-2-20-37-39/h1-23H,(H,41,42)/b28-23+. The van der Waals surface area contributed by atoms with Crippen molar-refractivity contribution >= 4 is 29.1 Å². The second-order valence-corrected chi connectivity index (χ2v) is 9.41. The van der Waals surface area contributed by atoms with E-state index in [9.17, 15) is 4.79 Å². The van der Waals surface area contributed by atoms with Gasteiger partial charge >= 0.3 is 5.97 Å². The molecule has 202 valence electrons. The van der Waals surface area contributed by atoms with Crippen LogP contribution in [0.5, 0.6) is 0 Å². The van der Waals surface area contributed by atoms with Crippen molar-refractivity contribution in [3.8, 4) is 28.6 Å². The molecule has 0 bridgehead atoms. The van der Waals surface area contributed by atoms with Gasteiger partial charge in [-0.25, -0.2) is 14.2 Å². The van der Waals surface area contributed by atoms with E-state index >= 15 is 0 Å². The van der Waals surface area contributed by atoms with Crippen molar-refractivity contribution in [1.82, 2.24) is 19.6 Å². The highest BCUT2D eigenvalue weighted by atomic mass is 16.4. The van der Waals surface area contributed by atoms with Crippen LogP contribution in [0.2, 0.25) is 0 Å². The molecule has 0 atom stereocenters. The van der Waals surface area contributed by atoms with Gasteiger partial charge in [-0.05, 0) is 95.6 Å². The Morgan fingerprint density at radius 2 is 1.12 bits per heavy atom. The number of carboxylic acid groups (broad SMARTS) is 1. The number of hydrogen-bond acceptors (Lipinski definition) is 5. The minimum Gasteiger partial charge on any atom is -0.477 e. The SMILES string of the molecule is N#C/C(=C\c1ccc(-c2ccc(N(c3ccc(-n4cccn4)cc3)c3ccc(-n4cccn4)cc3)cc2)cc1)C(=O)O. The van der Waals surface area contributed by atoms with Crippen LogP contribution in [-0.4, -0.2) is 30.6 Å². The molecule has 8 heteroatoms. The number of aliphatic carboxylic acids is 1. The Morgan fingerprint density at radius 1 is 0.690 bits per heavy atom. The van der Waals surface area contributed by atoms with Crippen LogP contribution in [0, 0.1) is 11.3 Å². The lowest BCUT2D eigenvalue weighted by molar-refractivity contribution is -0.132. The van der Waals surface area contributed by atoms with E-state index in [1.807, 2.05) is 70.3 Å². The summed E-state index contributed by atoms with van der Waals surface area (Å²) in [6.45, 7) is 0. The first kappa shape index (κ1) is 26.0. The van der Waals surface area contributed by atoms with Crippen LogP contribution < -0.4 is 4.90 Å². The number of rotatable bonds is 8. The smallest absolute Gasteiger partial charge is 0.346 e. The van der Waals surface area contributed by atoms with Crippen LogP contribution in [0.1, 0.15) is 5.56 Å². The molecular formula is C34H24N6O2. The minimum atomic E-state index is -1.24. The van der Waals surface area contributed by atoms with Gasteiger partial charge in [-0.3, -0.25) is 0 Å². The number of hydrogen-bond donors (Lipinski definition) is 1. The summed E-state index contributed by atoms with van der Waals surface area (Å²) in [5, 5.41) is 26.8. The molecule has 0 spiro atoms. The van der Waals surface area contributed by atoms with E-state index in [1.54, 1.807) is 30.6 Å². The zero-order valence-corrected chi connectivity index (χ0v) is 22.3. The van der Waals surface area contributed by atoms with Crippen molar-refractivity contribution in [3.05, 3.63) is 145 Å². The van der Waals surface area contributed by atoms with Crippen molar-refractivity contribution in [2.75, 3.05) is 4.90 Å². The van der Waals surface area contributed by atoms with Gasteiger partial charge in [0.2, 0.25) is 0 Å². The highest BCUT2D eigenvalue weighted by molar-refractivity contribution is 5.96. The fourth-order valence-corrected chi connectivity index (χ4v) is 4.68. The van der Waals surface area contributed by atoms with Crippen molar-refractivity contribution in [2.24, 2.45) is 0 Å². The molecule has 42 heavy (non-hydrogen) atoms. The number of aromatic nitrogens is 4. The summed E-state index contributed by atoms with van der Waals surface area (Å²) in [5.74, 6) is -1.24. The van der Waals surface area contributed by atoms with Crippen molar-refractivity contribution < 1.29 is 9.90 Å². The van der Waals surface area contributed by atoms with Gasteiger partial charge in [-0.2, -0.15) is 15.5 Å². The van der Waals surface area contributed by atoms with E-state index in [2.05, 4.69) is 63.6 Å². The maximum atomic E-state index is 11.2. The molecular weight excluding hydrogens is 524 g/mol. The molecule has 1 N–H and O–H groups in total. The number of carbonyl (C=O) groups is 1. The van der Waals surface area contributed by atoms with Crippen molar-refractivity contribution in [1.29, 1.82) is 5.26 Å². The number of carboxylic acids is 1. The van der Waals surface area contributed by atoms with Crippen LogP contribution >= 0.6 is 0 Å². The lowest BCUT2D eigenvalue weighted by Gasteiger charge is -2.26. The van der Waals surface area contributed by atoms with Gasteiger partial charge in [0, 0.05) is 41.8 Å². The van der Waals surface area contributed by atoms with E-state index < -0.39 is 5.97 Å². The Kier molecular flexibility index (Phi) is 7.13. The average molecular weight is 549 g/mol. The third-order valence-corrected chi connectivity index (χ3v) is 6.79. The van der Waals surface area contributed by atoms with Gasteiger partial charge in [-0.1, -0.05) is 36.4 Å². The molecule has 2 heterocycles. The van der Waals surface area contributed by atoms with Gasteiger partial charge in [-0.15, -0.1) is 0 Å². The van der Waals surface area contributed by atoms with Crippen molar-refractivity contribution in [2.45, 2.75) is 0 Å². The Balaban J connectivity index is 1.32. The predicted octanol–water partition coefficient (Wildman–Crippen LogP) is 7.19. The fraction of sp³-hybridized carbons (Fsp3) is 0. The van der Waals surface area contributed by atoms with E-state index in [0.29, 0.717) is 5.56 Å². The fourth-order valence-electron chi connectivity index (χ4n) is 4.68. The van der Waals surface area contributed by atoms with E-state index in [0.717, 1.165) is 39.6 Å². The van der Waals surface area contributed by atoms with Gasteiger partial charge in [0.05, 0.1) is 11.4 Å². The quantitative estimate of drug-likeness (QED) is 0.160. The lowest BCUT2D eigenvalue weighted by atomic mass is 10.0. The first-order valence-corrected chi connectivity index (χ1v) is 13.1. The minimum absolute atomic E-state index is 0.303. The molecule has 0 radical (unpaired) electrons. The number of nitriles is 1. The van der Waals surface area contributed by atoms with Gasteiger partial charge in [0.15, 0.2) is 0 Å². The number of nitrogens with zero attached hydrogens (tertiary/aromatic N) is 6. The molecule has 6 rings (SSSR count). The summed E-state index contributed by atoms with van der Waals surface area (Å²) in [6, 6.07) is 37.7. The third-order valence-electron chi connectivity index (χ3n) is 6.79. The maximum absolute atomic E-state index is 11.2. The molecule has 0 fully saturated rings. The molecule has 0 aliphatic heterocycles. The van der Waals surface area contributed by atoms with Gasteiger partial charge in [0.25, 0.3) is 0 Å². The van der Waals surface area contributed by atoms with E-state index in [4.69, 9.17) is 10.4 Å². The van der Waals surface area contributed by atoms with Crippen LogP contribution in [0.4, 0.5) is 17.1 Å². The normalized spacial score (nSPS) is 11.2. The number of benzene rings is 4. The zero-order chi connectivity index (χ0) is 28.9. The second-order valence-electron chi connectivity index (χ2n) is 9.41. The molecule has 0 unspecified atom stereocenters. The van der Waals surface area contributed by atoms with Crippen molar-refractivity contribution in [3.63, 3.8) is 0 Å². The molecule has 0 aliphatic rings. The Bertz CT molecular complexity index is 1790. The summed E-state index contributed by atoms with van der Waals surface area (Å²) in [7, 11) is 0. The molecule has 6 aromatic rings. The Hall–Kier alpha value is -6.20. The highest BCUT2D eigenvalue weighted by Gasteiger charge is 2.14. The summed E-state index contributed by atoms with van der Waals surface area (Å²) in [5.41, 5.74) is 7.24. The molecule has 8 nitrogen and oxygen atoms in total. The third kappa shape index (κ3) is 5.43. The zero-order valence-electron chi connectivity index (χ0n) is 22.3. The molecule has 4 aromatic carbocycles. The Morgan fingerprint density at radius 3 is 1.50 bits per heavy atom. The summed E-state index contributed by atoms with van der Waals surface area (Å²) in [4.78, 5) is 13.3. The van der Waals surface area contributed by atoms with Crippen LogP contribution in [0.15, 0.2) is 140 Å². The topological polar surface area (TPSA) is 100.0 Å². The van der Waals surface area contributed by atoms with E-state index in [1.165, 1.54) is 6.08 Å². The first-order chi connectivity index (χ1) is 20.6. The van der Waals surface area contributed by atoms with Crippen LogP contribution in [0.25, 0.3) is 28.6 Å². The van der Waals surface area contributed by atoms with Gasteiger partial charge in [0.1, 0.15) is 11.6 Å². The lowest BCUT2D eigenvalue weighted by Crippen LogP contribution is -2.10. The molecule has 0 amide bonds.